The second-order valence-corrected chi connectivity index (χ2v) is 9.94. The summed E-state index contributed by atoms with van der Waals surface area (Å²) in [6.45, 7) is 0.165. The van der Waals surface area contributed by atoms with Crippen LogP contribution in [-0.2, 0) is 37.2 Å². The van der Waals surface area contributed by atoms with E-state index in [-0.39, 0.29) is 25.3 Å². The molecule has 0 bridgehead atoms. The quantitative estimate of drug-likeness (QED) is 0.588. The van der Waals surface area contributed by atoms with Crippen molar-refractivity contribution in [3.05, 3.63) is 71.8 Å². The maximum atomic E-state index is 13.0. The summed E-state index contributed by atoms with van der Waals surface area (Å²) in [7, 11) is -3.48. The first kappa shape index (κ1) is 21.8. The van der Waals surface area contributed by atoms with Gasteiger partial charge in [0.05, 0.1) is 5.75 Å². The van der Waals surface area contributed by atoms with Gasteiger partial charge in [0, 0.05) is 13.0 Å². The van der Waals surface area contributed by atoms with Crippen LogP contribution in [0.1, 0.15) is 11.1 Å². The smallest absolute Gasteiger partial charge is 0.408 e. The van der Waals surface area contributed by atoms with Gasteiger partial charge in [-0.05, 0) is 11.1 Å². The first-order chi connectivity index (χ1) is 15.3. The number of amides is 3. The summed E-state index contributed by atoms with van der Waals surface area (Å²) in [4.78, 5) is 38.8. The molecule has 2 N–H and O–H groups in total. The van der Waals surface area contributed by atoms with Gasteiger partial charge in [-0.1, -0.05) is 60.7 Å². The highest BCUT2D eigenvalue weighted by Gasteiger charge is 2.59. The van der Waals surface area contributed by atoms with Crippen molar-refractivity contribution in [1.82, 2.24) is 15.5 Å². The highest BCUT2D eigenvalue weighted by atomic mass is 32.2. The van der Waals surface area contributed by atoms with Crippen LogP contribution in [0.2, 0.25) is 0 Å². The Bertz CT molecular complexity index is 1110. The topological polar surface area (TPSA) is 122 Å². The van der Waals surface area contributed by atoms with Gasteiger partial charge in [-0.25, -0.2) is 13.2 Å². The number of ether oxygens (including phenoxy) is 1. The van der Waals surface area contributed by atoms with Crippen LogP contribution in [0, 0.1) is 0 Å². The lowest BCUT2D eigenvalue weighted by Crippen LogP contribution is -2.71. The second-order valence-electron chi connectivity index (χ2n) is 7.72. The Morgan fingerprint density at radius 1 is 1.03 bits per heavy atom. The summed E-state index contributed by atoms with van der Waals surface area (Å²) >= 11 is 0. The van der Waals surface area contributed by atoms with Gasteiger partial charge in [0.15, 0.2) is 15.2 Å². The number of carbonyl (C=O) groups excluding carboxylic acids is 3. The number of benzene rings is 2. The van der Waals surface area contributed by atoms with E-state index in [1.165, 1.54) is 4.90 Å². The maximum absolute atomic E-state index is 13.0. The third-order valence-electron chi connectivity index (χ3n) is 5.53. The average molecular weight is 458 g/mol. The first-order valence-electron chi connectivity index (χ1n) is 10.2. The Morgan fingerprint density at radius 3 is 2.31 bits per heavy atom. The SMILES string of the molecule is O=C(N[C@@H](Cc1ccccc1)C(=O)NC1C(=O)N2CCS(=O)(=O)C12)OCc1ccccc1. The van der Waals surface area contributed by atoms with Gasteiger partial charge in [-0.3, -0.25) is 9.59 Å². The number of β-lactam (4-membered cyclic amide) rings is 1. The molecule has 0 spiro atoms. The Balaban J connectivity index is 1.43. The normalized spacial score (nSPS) is 21.8. The molecule has 3 atom stereocenters. The number of sulfone groups is 1. The molecule has 3 amide bonds. The summed E-state index contributed by atoms with van der Waals surface area (Å²) in [5.74, 6) is -1.20. The van der Waals surface area contributed by atoms with Crippen LogP contribution in [0.3, 0.4) is 0 Å². The van der Waals surface area contributed by atoms with Gasteiger partial charge in [-0.2, -0.15) is 0 Å². The number of fused-ring (bicyclic) bond motifs is 1. The molecule has 32 heavy (non-hydrogen) atoms. The van der Waals surface area contributed by atoms with E-state index >= 15 is 0 Å². The molecule has 10 heteroatoms. The Hall–Kier alpha value is -3.40. The molecule has 2 aliphatic heterocycles. The van der Waals surface area contributed by atoms with E-state index in [4.69, 9.17) is 4.74 Å². The molecule has 2 aliphatic rings. The van der Waals surface area contributed by atoms with Gasteiger partial charge in [0.25, 0.3) is 0 Å². The summed E-state index contributed by atoms with van der Waals surface area (Å²) < 4.78 is 29.6. The lowest BCUT2D eigenvalue weighted by atomic mass is 10.0. The minimum atomic E-state index is -3.48. The van der Waals surface area contributed by atoms with Crippen LogP contribution in [0.25, 0.3) is 0 Å². The van der Waals surface area contributed by atoms with E-state index in [0.717, 1.165) is 11.1 Å². The van der Waals surface area contributed by atoms with E-state index in [9.17, 15) is 22.8 Å². The Labute approximate surface area is 185 Å². The highest BCUT2D eigenvalue weighted by molar-refractivity contribution is 7.92. The van der Waals surface area contributed by atoms with E-state index in [2.05, 4.69) is 10.6 Å². The number of alkyl carbamates (subject to hydrolysis) is 1. The van der Waals surface area contributed by atoms with Crippen molar-refractivity contribution in [2.45, 2.75) is 30.5 Å². The standard InChI is InChI=1S/C22H23N3O6S/c26-19(24-18-20(27)25-11-12-32(29,30)21(18)25)17(13-15-7-3-1-4-8-15)23-22(28)31-14-16-9-5-2-6-10-16/h1-10,17-18,21H,11-14H2,(H,23,28)(H,24,26)/t17-,18?,21?/m0/s1. The number of nitrogens with zero attached hydrogens (tertiary/aromatic N) is 1. The van der Waals surface area contributed by atoms with E-state index < -0.39 is 45.2 Å². The number of rotatable bonds is 7. The van der Waals surface area contributed by atoms with Crippen LogP contribution >= 0.6 is 0 Å². The molecule has 2 unspecified atom stereocenters. The van der Waals surface area contributed by atoms with Crippen molar-refractivity contribution in [2.24, 2.45) is 0 Å². The highest BCUT2D eigenvalue weighted by Crippen LogP contribution is 2.31. The van der Waals surface area contributed by atoms with E-state index in [1.807, 2.05) is 24.3 Å². The summed E-state index contributed by atoms with van der Waals surface area (Å²) in [6, 6.07) is 15.9. The number of hydrogen-bond acceptors (Lipinski definition) is 6. The lowest BCUT2D eigenvalue weighted by molar-refractivity contribution is -0.147. The van der Waals surface area contributed by atoms with Crippen molar-refractivity contribution in [3.63, 3.8) is 0 Å². The van der Waals surface area contributed by atoms with Gasteiger partial charge in [-0.15, -0.1) is 0 Å². The van der Waals surface area contributed by atoms with Crippen LogP contribution in [0.15, 0.2) is 60.7 Å². The fraction of sp³-hybridized carbons (Fsp3) is 0.318. The molecule has 0 saturated carbocycles. The van der Waals surface area contributed by atoms with Gasteiger partial charge in [0.1, 0.15) is 18.7 Å². The van der Waals surface area contributed by atoms with Gasteiger partial charge < -0.3 is 20.3 Å². The first-order valence-corrected chi connectivity index (χ1v) is 11.9. The number of nitrogens with one attached hydrogen (secondary N) is 2. The molecule has 2 saturated heterocycles. The predicted molar refractivity (Wildman–Crippen MR) is 115 cm³/mol. The van der Waals surface area contributed by atoms with Crippen LogP contribution in [0.4, 0.5) is 4.79 Å². The summed E-state index contributed by atoms with van der Waals surface area (Å²) in [5, 5.41) is 4.01. The predicted octanol–water partition coefficient (Wildman–Crippen LogP) is 0.606. The van der Waals surface area contributed by atoms with E-state index in [1.54, 1.807) is 36.4 Å². The van der Waals surface area contributed by atoms with Crippen molar-refractivity contribution in [2.75, 3.05) is 12.3 Å². The fourth-order valence-corrected chi connectivity index (χ4v) is 5.75. The molecule has 2 heterocycles. The zero-order valence-corrected chi connectivity index (χ0v) is 18.0. The molecular formula is C22H23N3O6S. The molecule has 2 aromatic carbocycles. The molecule has 0 aliphatic carbocycles. The van der Waals surface area contributed by atoms with Gasteiger partial charge in [0.2, 0.25) is 11.8 Å². The zero-order valence-electron chi connectivity index (χ0n) is 17.1. The van der Waals surface area contributed by atoms with Crippen LogP contribution < -0.4 is 10.6 Å². The molecule has 9 nitrogen and oxygen atoms in total. The molecule has 168 valence electrons. The molecular weight excluding hydrogens is 434 g/mol. The second kappa shape index (κ2) is 8.99. The fourth-order valence-electron chi connectivity index (χ4n) is 3.86. The Morgan fingerprint density at radius 2 is 1.66 bits per heavy atom. The average Bonchev–Trinajstić information content (AvgIpc) is 3.08. The molecule has 0 radical (unpaired) electrons. The van der Waals surface area contributed by atoms with E-state index in [0.29, 0.717) is 0 Å². The van der Waals surface area contributed by atoms with Crippen molar-refractivity contribution < 1.29 is 27.5 Å². The maximum Gasteiger partial charge on any atom is 0.408 e. The third-order valence-corrected chi connectivity index (χ3v) is 7.54. The molecule has 2 fully saturated rings. The Kier molecular flexibility index (Phi) is 6.13. The van der Waals surface area contributed by atoms with Crippen molar-refractivity contribution >= 4 is 27.7 Å². The molecule has 2 aromatic rings. The summed E-state index contributed by atoms with van der Waals surface area (Å²) in [5.41, 5.74) is 1.57. The number of carbonyl (C=O) groups is 3. The van der Waals surface area contributed by atoms with Crippen LogP contribution in [0.5, 0.6) is 0 Å². The van der Waals surface area contributed by atoms with Crippen molar-refractivity contribution in [3.8, 4) is 0 Å². The molecule has 4 rings (SSSR count). The minimum Gasteiger partial charge on any atom is -0.445 e. The van der Waals surface area contributed by atoms with Gasteiger partial charge >= 0.3 is 6.09 Å². The molecule has 0 aromatic heterocycles. The largest absolute Gasteiger partial charge is 0.445 e. The minimum absolute atomic E-state index is 0.0305. The van der Waals surface area contributed by atoms with Crippen molar-refractivity contribution in [1.29, 1.82) is 0 Å². The third kappa shape index (κ3) is 4.59. The zero-order chi connectivity index (χ0) is 22.7. The summed E-state index contributed by atoms with van der Waals surface area (Å²) in [6.07, 6.45) is -0.644. The number of hydrogen-bond donors (Lipinski definition) is 2. The lowest BCUT2D eigenvalue weighted by Gasteiger charge is -2.41. The monoisotopic (exact) mass is 457 g/mol. The van der Waals surface area contributed by atoms with Crippen LogP contribution in [-0.4, -0.2) is 61.0 Å².